The molecule has 1 heterocycles. The Kier molecular flexibility index (Phi) is 39.4. The fraction of sp³-hybridized carbons (Fsp3) is 0.849. The van der Waals surface area contributed by atoms with Crippen molar-refractivity contribution >= 4 is 23.9 Å². The number of allylic oxidation sites excluding steroid dienone is 4. The quantitative estimate of drug-likeness (QED) is 0.0229. The van der Waals surface area contributed by atoms with Crippen molar-refractivity contribution in [2.75, 3.05) is 13.2 Å². The Hall–Kier alpha value is -2.80. The van der Waals surface area contributed by atoms with E-state index in [1.54, 1.807) is 0 Å². The van der Waals surface area contributed by atoms with Gasteiger partial charge in [0.25, 0.3) is 0 Å². The van der Waals surface area contributed by atoms with Crippen LogP contribution in [-0.4, -0.2) is 89.2 Å². The molecule has 3 N–H and O–H groups in total. The van der Waals surface area contributed by atoms with Crippen LogP contribution < -0.4 is 0 Å². The summed E-state index contributed by atoms with van der Waals surface area (Å²) < 4.78 is 28.3. The molecule has 6 unspecified atom stereocenters. The van der Waals surface area contributed by atoms with Crippen LogP contribution in [0.4, 0.5) is 0 Å². The number of carbonyl (C=O) groups excluding carboxylic acids is 3. The van der Waals surface area contributed by atoms with Gasteiger partial charge in [-0.3, -0.25) is 14.4 Å². The number of hydrogen-bond acceptors (Lipinski definition) is 11. The lowest BCUT2D eigenvalue weighted by molar-refractivity contribution is -0.301. The Morgan fingerprint density at radius 2 is 0.954 bits per heavy atom. The van der Waals surface area contributed by atoms with Gasteiger partial charge in [-0.15, -0.1) is 0 Å². The molecule has 12 nitrogen and oxygen atoms in total. The number of aliphatic hydroxyl groups excluding tert-OH is 2. The third-order valence-corrected chi connectivity index (χ3v) is 12.0. The number of carbonyl (C=O) groups is 4. The van der Waals surface area contributed by atoms with E-state index in [2.05, 4.69) is 45.1 Å². The number of rotatable bonds is 44. The highest BCUT2D eigenvalue weighted by atomic mass is 16.7. The molecule has 1 fully saturated rings. The normalized spacial score (nSPS) is 19.2. The lowest BCUT2D eigenvalue weighted by Crippen LogP contribution is -2.61. The number of carboxylic acids is 1. The first kappa shape index (κ1) is 60.2. The summed E-state index contributed by atoms with van der Waals surface area (Å²) in [6, 6.07) is 0. The first-order valence-corrected chi connectivity index (χ1v) is 26.3. The smallest absolute Gasteiger partial charge is 0.335 e. The maximum absolute atomic E-state index is 13.0. The molecular formula is C53H94O12. The third-order valence-electron chi connectivity index (χ3n) is 12.0. The fourth-order valence-electron chi connectivity index (χ4n) is 7.93. The molecule has 0 aromatic heterocycles. The van der Waals surface area contributed by atoms with Gasteiger partial charge in [0, 0.05) is 19.3 Å². The zero-order valence-corrected chi connectivity index (χ0v) is 41.2. The Labute approximate surface area is 394 Å². The van der Waals surface area contributed by atoms with Crippen LogP contribution in [0.5, 0.6) is 0 Å². The van der Waals surface area contributed by atoms with Crippen molar-refractivity contribution in [2.24, 2.45) is 0 Å². The Bertz CT molecular complexity index is 1240. The minimum atomic E-state index is -1.90. The summed E-state index contributed by atoms with van der Waals surface area (Å²) >= 11 is 0. The lowest BCUT2D eigenvalue weighted by atomic mass is 9.98. The van der Waals surface area contributed by atoms with Crippen LogP contribution in [-0.2, 0) is 42.9 Å². The Morgan fingerprint density at radius 3 is 1.45 bits per heavy atom. The molecule has 1 saturated heterocycles. The van der Waals surface area contributed by atoms with Crippen molar-refractivity contribution in [3.8, 4) is 0 Å². The monoisotopic (exact) mass is 923 g/mol. The molecule has 12 heteroatoms. The number of aliphatic carboxylic acids is 1. The van der Waals surface area contributed by atoms with E-state index in [4.69, 9.17) is 23.7 Å². The summed E-state index contributed by atoms with van der Waals surface area (Å²) in [5, 5.41) is 31.3. The third kappa shape index (κ3) is 33.3. The molecule has 1 rings (SSSR count). The van der Waals surface area contributed by atoms with Gasteiger partial charge < -0.3 is 39.0 Å². The van der Waals surface area contributed by atoms with Gasteiger partial charge in [-0.2, -0.15) is 0 Å². The molecule has 0 radical (unpaired) electrons. The minimum absolute atomic E-state index is 0.0647. The fourth-order valence-corrected chi connectivity index (χ4v) is 7.93. The molecule has 0 saturated carbocycles. The molecule has 65 heavy (non-hydrogen) atoms. The highest BCUT2D eigenvalue weighted by Gasteiger charge is 2.50. The van der Waals surface area contributed by atoms with Crippen molar-refractivity contribution in [3.05, 3.63) is 24.3 Å². The molecule has 1 aliphatic rings. The van der Waals surface area contributed by atoms with E-state index in [-0.39, 0.29) is 25.9 Å². The second-order valence-corrected chi connectivity index (χ2v) is 18.2. The minimum Gasteiger partial charge on any atom is -0.479 e. The van der Waals surface area contributed by atoms with Gasteiger partial charge in [0.1, 0.15) is 18.8 Å². The van der Waals surface area contributed by atoms with Crippen LogP contribution in [0.25, 0.3) is 0 Å². The van der Waals surface area contributed by atoms with Gasteiger partial charge in [-0.05, 0) is 44.9 Å². The maximum atomic E-state index is 13.0. The number of unbranched alkanes of at least 4 members (excludes halogenated alkanes) is 26. The number of hydrogen-bond donors (Lipinski definition) is 3. The van der Waals surface area contributed by atoms with Crippen molar-refractivity contribution in [1.82, 2.24) is 0 Å². The van der Waals surface area contributed by atoms with E-state index in [0.717, 1.165) is 96.3 Å². The van der Waals surface area contributed by atoms with Gasteiger partial charge >= 0.3 is 23.9 Å². The molecular weight excluding hydrogens is 829 g/mol. The summed E-state index contributed by atoms with van der Waals surface area (Å²) in [4.78, 5) is 50.7. The lowest BCUT2D eigenvalue weighted by Gasteiger charge is -2.40. The van der Waals surface area contributed by atoms with E-state index >= 15 is 0 Å². The number of aliphatic hydroxyl groups is 2. The van der Waals surface area contributed by atoms with Crippen LogP contribution >= 0.6 is 0 Å². The summed E-state index contributed by atoms with van der Waals surface area (Å²) in [6.07, 6.45) is 33.1. The predicted molar refractivity (Wildman–Crippen MR) is 257 cm³/mol. The number of ether oxygens (including phenoxy) is 5. The maximum Gasteiger partial charge on any atom is 0.335 e. The standard InChI is InChI=1S/C53H94O12/c1-4-7-10-13-16-19-22-23-26-27-30-33-36-39-45(54)61-42-44(63-46(55)40-37-34-31-28-24-20-17-14-11-8-5-2)43-62-53-51(49(58)48(57)50(65-53)52(59)60)64-47(56)41-38-35-32-29-25-21-18-15-12-9-6-3/h10,13,19,22,44,48-51,53,57-58H,4-9,11-12,14-18,20-21,23-43H2,1-3H3,(H,59,60)/b13-10-,22-19-. The summed E-state index contributed by atoms with van der Waals surface area (Å²) in [5.74, 6) is -3.12. The van der Waals surface area contributed by atoms with Gasteiger partial charge in [0.2, 0.25) is 0 Å². The van der Waals surface area contributed by atoms with Crippen LogP contribution in [0.3, 0.4) is 0 Å². The molecule has 0 aromatic rings. The van der Waals surface area contributed by atoms with Crippen LogP contribution in [0.2, 0.25) is 0 Å². The molecule has 0 aromatic carbocycles. The second kappa shape index (κ2) is 42.5. The van der Waals surface area contributed by atoms with Gasteiger partial charge in [-0.25, -0.2) is 4.79 Å². The topological polar surface area (TPSA) is 175 Å². The molecule has 0 bridgehead atoms. The number of esters is 3. The Morgan fingerprint density at radius 1 is 0.508 bits per heavy atom. The molecule has 1 aliphatic heterocycles. The van der Waals surface area contributed by atoms with Gasteiger partial charge in [0.05, 0.1) is 6.61 Å². The predicted octanol–water partition coefficient (Wildman–Crippen LogP) is 12.3. The van der Waals surface area contributed by atoms with E-state index in [1.165, 1.54) is 83.5 Å². The average Bonchev–Trinajstić information content (AvgIpc) is 3.29. The van der Waals surface area contributed by atoms with E-state index in [1.807, 2.05) is 0 Å². The van der Waals surface area contributed by atoms with E-state index < -0.39 is 67.3 Å². The van der Waals surface area contributed by atoms with E-state index in [9.17, 15) is 34.5 Å². The summed E-state index contributed by atoms with van der Waals surface area (Å²) in [5.41, 5.74) is 0. The average molecular weight is 923 g/mol. The zero-order chi connectivity index (χ0) is 47.6. The van der Waals surface area contributed by atoms with Gasteiger partial charge in [-0.1, -0.05) is 199 Å². The van der Waals surface area contributed by atoms with Gasteiger partial charge in [0.15, 0.2) is 24.6 Å². The van der Waals surface area contributed by atoms with Crippen LogP contribution in [0.1, 0.15) is 239 Å². The molecule has 0 amide bonds. The first-order chi connectivity index (χ1) is 31.6. The summed E-state index contributed by atoms with van der Waals surface area (Å²) in [7, 11) is 0. The largest absolute Gasteiger partial charge is 0.479 e. The van der Waals surface area contributed by atoms with E-state index in [0.29, 0.717) is 19.3 Å². The number of carboxylic acid groups (broad SMARTS) is 1. The molecule has 0 aliphatic carbocycles. The molecule has 378 valence electrons. The Balaban J connectivity index is 2.73. The molecule has 0 spiro atoms. The van der Waals surface area contributed by atoms with Crippen molar-refractivity contribution in [1.29, 1.82) is 0 Å². The summed E-state index contributed by atoms with van der Waals surface area (Å²) in [6.45, 7) is 5.88. The zero-order valence-electron chi connectivity index (χ0n) is 41.2. The van der Waals surface area contributed by atoms with Crippen LogP contribution in [0.15, 0.2) is 24.3 Å². The van der Waals surface area contributed by atoms with Crippen LogP contribution in [0, 0.1) is 0 Å². The molecule has 6 atom stereocenters. The van der Waals surface area contributed by atoms with Crippen molar-refractivity contribution < 1.29 is 58.2 Å². The second-order valence-electron chi connectivity index (χ2n) is 18.2. The SMILES string of the molecule is CCC/C=C\C/C=C\CCCCCCCC(=O)OCC(COC1OC(C(=O)O)C(O)C(O)C1OC(=O)CCCCCCCCCCCCC)OC(=O)CCCCCCCCCCCCC. The highest BCUT2D eigenvalue weighted by Crippen LogP contribution is 2.26. The van der Waals surface area contributed by atoms with Crippen molar-refractivity contribution in [3.63, 3.8) is 0 Å². The first-order valence-electron chi connectivity index (χ1n) is 26.3. The highest BCUT2D eigenvalue weighted by molar-refractivity contribution is 5.74. The van der Waals surface area contributed by atoms with Crippen molar-refractivity contribution in [2.45, 2.75) is 276 Å².